The number of fused-ring (bicyclic) bond motifs is 6. The lowest BCUT2D eigenvalue weighted by atomic mass is 9.99. The highest BCUT2D eigenvalue weighted by Crippen LogP contribution is 2.45. The lowest BCUT2D eigenvalue weighted by molar-refractivity contribution is -0.138. The Morgan fingerprint density at radius 1 is 0.717 bits per heavy atom. The standard InChI is InChI=1S/2C20H18FN3O5S/c2*1-19(27)9-29-13-8-12(21)10(3-4-20(28)5-6-24(2)18(20)26)7-11(13)14-15(19)30-17(23-14)16(22)25/h2*7-8,27-28H,5-6,9H2,1-2H3,(H2,22,25)/t19-,20+;19-,20-/m10/s1. The first-order valence-corrected chi connectivity index (χ1v) is 19.7. The van der Waals surface area contributed by atoms with Crippen LogP contribution < -0.4 is 20.9 Å². The molecule has 0 spiro atoms. The second-order valence-corrected chi connectivity index (χ2v) is 17.1. The minimum atomic E-state index is -1.88. The number of nitrogens with zero attached hydrogens (tertiary/aromatic N) is 4. The number of primary amides is 2. The number of halogens is 2. The average molecular weight is 863 g/mol. The van der Waals surface area contributed by atoms with Crippen LogP contribution in [0.1, 0.15) is 67.2 Å². The van der Waals surface area contributed by atoms with Gasteiger partial charge in [-0.05, 0) is 26.0 Å². The zero-order chi connectivity index (χ0) is 43.7. The number of hydrogen-bond acceptors (Lipinski definition) is 14. The van der Waals surface area contributed by atoms with Crippen molar-refractivity contribution < 1.29 is 57.9 Å². The molecule has 20 heteroatoms. The van der Waals surface area contributed by atoms with Gasteiger partial charge in [0.2, 0.25) is 11.2 Å². The highest BCUT2D eigenvalue weighted by Gasteiger charge is 2.44. The van der Waals surface area contributed by atoms with Gasteiger partial charge < -0.3 is 51.2 Å². The fraction of sp³-hybridized carbons (Fsp3) is 0.350. The summed E-state index contributed by atoms with van der Waals surface area (Å²) >= 11 is 1.87. The highest BCUT2D eigenvalue weighted by atomic mass is 32.1. The predicted octanol–water partition coefficient (Wildman–Crippen LogP) is 1.19. The Bertz CT molecular complexity index is 2480. The molecule has 16 nitrogen and oxygen atoms in total. The number of nitrogens with two attached hydrogens (primary N) is 2. The van der Waals surface area contributed by atoms with Crippen LogP contribution in [0.15, 0.2) is 24.3 Å². The average Bonchev–Trinajstić information content (AvgIpc) is 3.94. The zero-order valence-electron chi connectivity index (χ0n) is 32.3. The van der Waals surface area contributed by atoms with Crippen LogP contribution in [0.3, 0.4) is 0 Å². The van der Waals surface area contributed by atoms with Crippen LogP contribution in [0.25, 0.3) is 22.5 Å². The van der Waals surface area contributed by atoms with E-state index in [2.05, 4.69) is 33.6 Å². The number of ether oxygens (including phenoxy) is 2. The van der Waals surface area contributed by atoms with E-state index < -0.39 is 57.7 Å². The third-order valence-corrected chi connectivity index (χ3v) is 12.8. The molecule has 0 unspecified atom stereocenters. The smallest absolute Gasteiger partial charge is 0.277 e. The molecule has 0 saturated carbocycles. The van der Waals surface area contributed by atoms with Gasteiger partial charge in [0.1, 0.15) is 47.5 Å². The summed E-state index contributed by atoms with van der Waals surface area (Å²) in [5.41, 5.74) is 4.91. The predicted molar refractivity (Wildman–Crippen MR) is 210 cm³/mol. The molecule has 4 aromatic rings. The highest BCUT2D eigenvalue weighted by molar-refractivity contribution is 7.14. The molecule has 2 fully saturated rings. The summed E-state index contributed by atoms with van der Waals surface area (Å²) in [5, 5.41) is 42.4. The molecular weight excluding hydrogens is 827 g/mol. The molecule has 2 aromatic heterocycles. The van der Waals surface area contributed by atoms with Gasteiger partial charge in [-0.1, -0.05) is 23.7 Å². The van der Waals surface area contributed by atoms with Crippen molar-refractivity contribution in [3.05, 3.63) is 66.8 Å². The second-order valence-electron chi connectivity index (χ2n) is 15.1. The molecule has 4 amide bonds. The molecule has 2 aromatic carbocycles. The number of benzene rings is 2. The van der Waals surface area contributed by atoms with E-state index in [-0.39, 0.29) is 70.1 Å². The fourth-order valence-electron chi connectivity index (χ4n) is 6.71. The maximum Gasteiger partial charge on any atom is 0.277 e. The van der Waals surface area contributed by atoms with Crippen molar-refractivity contribution in [2.24, 2.45) is 11.5 Å². The topological polar surface area (TPSA) is 252 Å². The molecule has 0 radical (unpaired) electrons. The molecule has 2 saturated heterocycles. The van der Waals surface area contributed by atoms with E-state index in [4.69, 9.17) is 20.9 Å². The van der Waals surface area contributed by atoms with Gasteiger partial charge in [0.05, 0.1) is 32.3 Å². The Morgan fingerprint density at radius 2 is 1.08 bits per heavy atom. The summed E-state index contributed by atoms with van der Waals surface area (Å²) < 4.78 is 40.5. The molecule has 60 heavy (non-hydrogen) atoms. The first kappa shape index (κ1) is 42.1. The third kappa shape index (κ3) is 7.53. The molecule has 4 aliphatic rings. The molecule has 0 aliphatic carbocycles. The minimum Gasteiger partial charge on any atom is -0.489 e. The molecule has 4 aliphatic heterocycles. The molecule has 312 valence electrons. The summed E-state index contributed by atoms with van der Waals surface area (Å²) in [5.74, 6) is 6.23. The van der Waals surface area contributed by atoms with E-state index in [9.17, 15) is 48.4 Å². The van der Waals surface area contributed by atoms with Crippen molar-refractivity contribution in [3.63, 3.8) is 0 Å². The van der Waals surface area contributed by atoms with Gasteiger partial charge in [-0.15, -0.1) is 22.7 Å². The van der Waals surface area contributed by atoms with E-state index in [1.807, 2.05) is 0 Å². The normalized spacial score (nSPS) is 25.0. The van der Waals surface area contributed by atoms with Crippen molar-refractivity contribution in [3.8, 4) is 57.7 Å². The lowest BCUT2D eigenvalue weighted by Crippen LogP contribution is -2.37. The Kier molecular flexibility index (Phi) is 10.5. The summed E-state index contributed by atoms with van der Waals surface area (Å²) in [4.78, 5) is 59.2. The Morgan fingerprint density at radius 3 is 1.40 bits per heavy atom. The number of rotatable bonds is 2. The van der Waals surface area contributed by atoms with Crippen LogP contribution in [-0.4, -0.2) is 115 Å². The van der Waals surface area contributed by atoms with Crippen LogP contribution in [0.5, 0.6) is 11.5 Å². The van der Waals surface area contributed by atoms with E-state index in [1.54, 1.807) is 14.1 Å². The van der Waals surface area contributed by atoms with E-state index >= 15 is 0 Å². The fourth-order valence-corrected chi connectivity index (χ4v) is 8.63. The van der Waals surface area contributed by atoms with Gasteiger partial charge in [0.15, 0.2) is 10.0 Å². The molecule has 8 N–H and O–H groups in total. The molecular formula is C40H36F2N6O10S2. The summed E-state index contributed by atoms with van der Waals surface area (Å²) in [6.45, 7) is 3.32. The largest absolute Gasteiger partial charge is 0.489 e. The van der Waals surface area contributed by atoms with E-state index in [0.717, 1.165) is 34.8 Å². The number of carbonyl (C=O) groups excluding carboxylic acids is 4. The minimum absolute atomic E-state index is 0.000940. The van der Waals surface area contributed by atoms with Crippen molar-refractivity contribution in [1.29, 1.82) is 0 Å². The van der Waals surface area contributed by atoms with E-state index in [1.165, 1.54) is 35.8 Å². The van der Waals surface area contributed by atoms with Gasteiger partial charge in [0.25, 0.3) is 23.6 Å². The molecule has 6 heterocycles. The number of aliphatic hydroxyl groups is 4. The number of aromatic nitrogens is 2. The number of likely N-dealkylation sites (N-methyl/N-ethyl adjacent to an activating group) is 2. The Balaban J connectivity index is 0.000000181. The SMILES string of the molecule is CN1CC[C@@](O)(C#Cc2cc3c(cc2F)OC[C@@](C)(O)c2sc(C(N)=O)nc2-3)C1=O.CN1CC[C@@](O)(C#Cc2cc3c(cc2F)OC[C@](C)(O)c2sc(C(N)=O)nc2-3)C1=O. The first-order chi connectivity index (χ1) is 28.0. The van der Waals surface area contributed by atoms with Crippen LogP contribution in [-0.2, 0) is 20.8 Å². The monoisotopic (exact) mass is 862 g/mol. The first-order valence-electron chi connectivity index (χ1n) is 18.1. The maximum absolute atomic E-state index is 14.7. The van der Waals surface area contributed by atoms with Gasteiger partial charge in [-0.2, -0.15) is 0 Å². The number of amides is 4. The van der Waals surface area contributed by atoms with Crippen LogP contribution in [0.2, 0.25) is 0 Å². The molecule has 4 atom stereocenters. The second kappa shape index (κ2) is 14.9. The third-order valence-electron chi connectivity index (χ3n) is 10.1. The Hall–Kier alpha value is -6.00. The van der Waals surface area contributed by atoms with Crippen molar-refractivity contribution in [1.82, 2.24) is 19.8 Å². The van der Waals surface area contributed by atoms with E-state index in [0.29, 0.717) is 34.0 Å². The van der Waals surface area contributed by atoms with Crippen molar-refractivity contribution >= 4 is 46.3 Å². The maximum atomic E-state index is 14.7. The number of hydrogen-bond donors (Lipinski definition) is 6. The van der Waals surface area contributed by atoms with Crippen LogP contribution in [0.4, 0.5) is 8.78 Å². The number of likely N-dealkylation sites (tertiary alicyclic amines) is 2. The number of thiazole rings is 2. The molecule has 0 bridgehead atoms. The summed E-state index contributed by atoms with van der Waals surface area (Å²) in [6.07, 6.45) is 0.234. The molecule has 8 rings (SSSR count). The van der Waals surface area contributed by atoms with Crippen LogP contribution >= 0.6 is 22.7 Å². The van der Waals surface area contributed by atoms with Crippen molar-refractivity contribution in [2.75, 3.05) is 40.4 Å². The van der Waals surface area contributed by atoms with Gasteiger partial charge >= 0.3 is 0 Å². The summed E-state index contributed by atoms with van der Waals surface area (Å²) in [6, 6.07) is 4.91. The van der Waals surface area contributed by atoms with Gasteiger partial charge in [-0.3, -0.25) is 19.2 Å². The summed E-state index contributed by atoms with van der Waals surface area (Å²) in [7, 11) is 3.10. The lowest BCUT2D eigenvalue weighted by Gasteiger charge is -2.19. The van der Waals surface area contributed by atoms with Gasteiger partial charge in [-0.25, -0.2) is 18.7 Å². The zero-order valence-corrected chi connectivity index (χ0v) is 33.9. The Labute approximate surface area is 348 Å². The number of carbonyl (C=O) groups is 4. The van der Waals surface area contributed by atoms with Crippen LogP contribution in [0, 0.1) is 35.3 Å². The quantitative estimate of drug-likeness (QED) is 0.156. The van der Waals surface area contributed by atoms with Crippen molar-refractivity contribution in [2.45, 2.75) is 49.1 Å². The van der Waals surface area contributed by atoms with Gasteiger partial charge in [0, 0.05) is 63.3 Å².